The van der Waals surface area contributed by atoms with Gasteiger partial charge in [0.25, 0.3) is 0 Å². The van der Waals surface area contributed by atoms with E-state index in [4.69, 9.17) is 10.5 Å². The molecule has 118 valence electrons. The summed E-state index contributed by atoms with van der Waals surface area (Å²) in [5.74, 6) is -0.906. The molecule has 1 aliphatic heterocycles. The lowest BCUT2D eigenvalue weighted by Crippen LogP contribution is -2.48. The maximum atomic E-state index is 13.2. The first-order valence-corrected chi connectivity index (χ1v) is 6.74. The summed E-state index contributed by atoms with van der Waals surface area (Å²) in [7, 11) is 0. The molecule has 1 saturated heterocycles. The second kappa shape index (κ2) is 6.29. The number of morpholine rings is 1. The van der Waals surface area contributed by atoms with Crippen LogP contribution in [0.15, 0.2) is 18.2 Å². The minimum Gasteiger partial charge on any atom is -0.379 e. The van der Waals surface area contributed by atoms with Gasteiger partial charge in [-0.1, -0.05) is 6.07 Å². The third kappa shape index (κ3) is 3.53. The molecule has 0 spiro atoms. The molecule has 7 heteroatoms. The molecule has 0 aromatic heterocycles. The highest BCUT2D eigenvalue weighted by Gasteiger charge is 2.38. The number of ether oxygens (including phenoxy) is 1. The van der Waals surface area contributed by atoms with Crippen molar-refractivity contribution in [1.82, 2.24) is 4.90 Å². The molecule has 21 heavy (non-hydrogen) atoms. The zero-order chi connectivity index (χ0) is 15.6. The van der Waals surface area contributed by atoms with E-state index in [-0.39, 0.29) is 18.2 Å². The maximum absolute atomic E-state index is 13.2. The predicted octanol–water partition coefficient (Wildman–Crippen LogP) is 2.57. The third-order valence-corrected chi connectivity index (χ3v) is 3.72. The second-order valence-electron chi connectivity index (χ2n) is 5.14. The maximum Gasteiger partial charge on any atom is 0.416 e. The summed E-state index contributed by atoms with van der Waals surface area (Å²) < 4.78 is 57.9. The fourth-order valence-electron chi connectivity index (χ4n) is 2.71. The van der Waals surface area contributed by atoms with Gasteiger partial charge in [-0.2, -0.15) is 13.2 Å². The van der Waals surface area contributed by atoms with E-state index in [1.165, 1.54) is 6.07 Å². The zero-order valence-electron chi connectivity index (χ0n) is 11.7. The van der Waals surface area contributed by atoms with Crippen LogP contribution in [-0.2, 0) is 10.9 Å². The predicted molar refractivity (Wildman–Crippen MR) is 70.2 cm³/mol. The molecular formula is C14H18F4N2O. The van der Waals surface area contributed by atoms with Crippen molar-refractivity contribution < 1.29 is 22.3 Å². The molecular weight excluding hydrogens is 288 g/mol. The highest BCUT2D eigenvalue weighted by Crippen LogP contribution is 2.37. The van der Waals surface area contributed by atoms with Gasteiger partial charge in [-0.15, -0.1) is 0 Å². The first kappa shape index (κ1) is 16.2. The number of halogens is 4. The molecule has 1 aromatic carbocycles. The summed E-state index contributed by atoms with van der Waals surface area (Å²) in [5, 5.41) is 0. The average molecular weight is 306 g/mol. The SMILES string of the molecule is CC1COCCN1C(CN)c1ccc(F)cc1C(F)(F)F. The fourth-order valence-corrected chi connectivity index (χ4v) is 2.71. The van der Waals surface area contributed by atoms with Crippen LogP contribution >= 0.6 is 0 Å². The van der Waals surface area contributed by atoms with E-state index in [9.17, 15) is 17.6 Å². The number of nitrogens with zero attached hydrogens (tertiary/aromatic N) is 1. The van der Waals surface area contributed by atoms with Gasteiger partial charge in [0.1, 0.15) is 5.82 Å². The first-order chi connectivity index (χ1) is 9.84. The molecule has 0 radical (unpaired) electrons. The number of benzene rings is 1. The Kier molecular flexibility index (Phi) is 4.85. The second-order valence-corrected chi connectivity index (χ2v) is 5.14. The van der Waals surface area contributed by atoms with Crippen LogP contribution in [0.1, 0.15) is 24.1 Å². The van der Waals surface area contributed by atoms with Crippen molar-refractivity contribution in [2.24, 2.45) is 5.73 Å². The Balaban J connectivity index is 2.42. The summed E-state index contributed by atoms with van der Waals surface area (Å²) in [6.07, 6.45) is -4.61. The number of nitrogens with two attached hydrogens (primary N) is 1. The Morgan fingerprint density at radius 3 is 2.71 bits per heavy atom. The fraction of sp³-hybridized carbons (Fsp3) is 0.571. The summed E-state index contributed by atoms with van der Waals surface area (Å²) in [6.45, 7) is 3.29. The van der Waals surface area contributed by atoms with E-state index in [1.54, 1.807) is 0 Å². The zero-order valence-corrected chi connectivity index (χ0v) is 11.7. The van der Waals surface area contributed by atoms with E-state index in [0.29, 0.717) is 25.8 Å². The molecule has 0 saturated carbocycles. The first-order valence-electron chi connectivity index (χ1n) is 6.74. The number of hydrogen-bond donors (Lipinski definition) is 1. The molecule has 1 aromatic rings. The largest absolute Gasteiger partial charge is 0.416 e. The summed E-state index contributed by atoms with van der Waals surface area (Å²) in [4.78, 5) is 1.88. The van der Waals surface area contributed by atoms with Gasteiger partial charge in [0, 0.05) is 25.2 Å². The van der Waals surface area contributed by atoms with Gasteiger partial charge in [0.05, 0.1) is 18.8 Å². The van der Waals surface area contributed by atoms with Crippen LogP contribution in [0.25, 0.3) is 0 Å². The van der Waals surface area contributed by atoms with Crippen LogP contribution in [0, 0.1) is 5.82 Å². The molecule has 2 atom stereocenters. The van der Waals surface area contributed by atoms with Crippen molar-refractivity contribution in [3.05, 3.63) is 35.1 Å². The lowest BCUT2D eigenvalue weighted by atomic mass is 9.97. The molecule has 0 amide bonds. The smallest absolute Gasteiger partial charge is 0.379 e. The molecule has 2 N–H and O–H groups in total. The highest BCUT2D eigenvalue weighted by molar-refractivity contribution is 5.33. The van der Waals surface area contributed by atoms with Crippen LogP contribution in [0.4, 0.5) is 17.6 Å². The minimum absolute atomic E-state index is 0.0140. The minimum atomic E-state index is -4.61. The van der Waals surface area contributed by atoms with Gasteiger partial charge in [0.2, 0.25) is 0 Å². The van der Waals surface area contributed by atoms with Gasteiger partial charge in [-0.25, -0.2) is 4.39 Å². The molecule has 1 fully saturated rings. The van der Waals surface area contributed by atoms with Crippen LogP contribution < -0.4 is 5.73 Å². The summed E-state index contributed by atoms with van der Waals surface area (Å²) in [6, 6.07) is 2.10. The lowest BCUT2D eigenvalue weighted by molar-refractivity contribution is -0.139. The molecule has 0 aliphatic carbocycles. The van der Waals surface area contributed by atoms with Crippen LogP contribution in [-0.4, -0.2) is 37.2 Å². The van der Waals surface area contributed by atoms with Crippen LogP contribution in [0.5, 0.6) is 0 Å². The number of alkyl halides is 3. The Morgan fingerprint density at radius 1 is 1.43 bits per heavy atom. The monoisotopic (exact) mass is 306 g/mol. The van der Waals surface area contributed by atoms with E-state index in [1.807, 2.05) is 11.8 Å². The van der Waals surface area contributed by atoms with Crippen molar-refractivity contribution in [1.29, 1.82) is 0 Å². The quantitative estimate of drug-likeness (QED) is 0.872. The topological polar surface area (TPSA) is 38.5 Å². The van der Waals surface area contributed by atoms with Gasteiger partial charge >= 0.3 is 6.18 Å². The lowest BCUT2D eigenvalue weighted by Gasteiger charge is -2.39. The van der Waals surface area contributed by atoms with E-state index in [0.717, 1.165) is 6.07 Å². The van der Waals surface area contributed by atoms with E-state index < -0.39 is 23.6 Å². The Bertz CT molecular complexity index is 492. The van der Waals surface area contributed by atoms with Gasteiger partial charge in [-0.05, 0) is 24.6 Å². The highest BCUT2D eigenvalue weighted by atomic mass is 19.4. The van der Waals surface area contributed by atoms with Gasteiger partial charge in [-0.3, -0.25) is 4.90 Å². The normalized spacial score (nSPS) is 22.3. The van der Waals surface area contributed by atoms with Crippen molar-refractivity contribution in [3.63, 3.8) is 0 Å². The molecule has 3 nitrogen and oxygen atoms in total. The summed E-state index contributed by atoms with van der Waals surface area (Å²) >= 11 is 0. The van der Waals surface area contributed by atoms with Crippen molar-refractivity contribution in [2.45, 2.75) is 25.2 Å². The number of hydrogen-bond acceptors (Lipinski definition) is 3. The standard InChI is InChI=1S/C14H18F4N2O/c1-9-8-21-5-4-20(9)13(7-19)11-3-2-10(15)6-12(11)14(16,17)18/h2-3,6,9,13H,4-5,7-8,19H2,1H3. The van der Waals surface area contributed by atoms with Crippen LogP contribution in [0.3, 0.4) is 0 Å². The molecule has 2 unspecified atom stereocenters. The Labute approximate surface area is 120 Å². The molecule has 1 heterocycles. The molecule has 0 bridgehead atoms. The molecule has 2 rings (SSSR count). The van der Waals surface area contributed by atoms with Crippen LogP contribution in [0.2, 0.25) is 0 Å². The van der Waals surface area contributed by atoms with Crippen molar-refractivity contribution >= 4 is 0 Å². The summed E-state index contributed by atoms with van der Waals surface area (Å²) in [5.41, 5.74) is 4.76. The average Bonchev–Trinajstić information content (AvgIpc) is 2.42. The van der Waals surface area contributed by atoms with E-state index in [2.05, 4.69) is 0 Å². The van der Waals surface area contributed by atoms with Gasteiger partial charge in [0.15, 0.2) is 0 Å². The number of rotatable bonds is 3. The van der Waals surface area contributed by atoms with Crippen molar-refractivity contribution in [2.75, 3.05) is 26.3 Å². The van der Waals surface area contributed by atoms with Crippen molar-refractivity contribution in [3.8, 4) is 0 Å². The van der Waals surface area contributed by atoms with Gasteiger partial charge < -0.3 is 10.5 Å². The molecule has 1 aliphatic rings. The Hall–Kier alpha value is -1.18. The van der Waals surface area contributed by atoms with E-state index >= 15 is 0 Å². The Morgan fingerprint density at radius 2 is 2.14 bits per heavy atom. The third-order valence-electron chi connectivity index (χ3n) is 3.72.